The summed E-state index contributed by atoms with van der Waals surface area (Å²) in [6, 6.07) is 9.39. The lowest BCUT2D eigenvalue weighted by Crippen LogP contribution is -2.04. The molecule has 2 heterocycles. The van der Waals surface area contributed by atoms with Gasteiger partial charge in [-0.3, -0.25) is 4.98 Å². The summed E-state index contributed by atoms with van der Waals surface area (Å²) in [5.41, 5.74) is 4.10. The highest BCUT2D eigenvalue weighted by Gasteiger charge is 2.25. The first-order chi connectivity index (χ1) is 15.1. The maximum atomic E-state index is 14.0. The van der Waals surface area contributed by atoms with Crippen LogP contribution in [0.2, 0.25) is 0 Å². The van der Waals surface area contributed by atoms with Gasteiger partial charge in [0.15, 0.2) is 11.0 Å². The van der Waals surface area contributed by atoms with Crippen LogP contribution in [0.5, 0.6) is 0 Å². The van der Waals surface area contributed by atoms with Crippen LogP contribution in [0, 0.1) is 17.5 Å². The molecular weight excluding hydrogens is 421 g/mol. The Balaban J connectivity index is 1.57. The predicted octanol–water partition coefficient (Wildman–Crippen LogP) is 5.71. The summed E-state index contributed by atoms with van der Waals surface area (Å²) in [4.78, 5) is 4.83. The minimum atomic E-state index is -0.929. The number of aromatic nitrogens is 4. The van der Waals surface area contributed by atoms with Crippen LogP contribution in [-0.2, 0) is 25.1 Å². The number of nitrogens with zero attached hydrogens (tertiary/aromatic N) is 4. The molecule has 0 radical (unpaired) electrons. The highest BCUT2D eigenvalue weighted by Crippen LogP contribution is 2.38. The van der Waals surface area contributed by atoms with Gasteiger partial charge in [-0.1, -0.05) is 30.0 Å². The van der Waals surface area contributed by atoms with Crippen molar-refractivity contribution in [2.75, 3.05) is 0 Å². The zero-order valence-corrected chi connectivity index (χ0v) is 17.6. The molecule has 5 rings (SSSR count). The zero-order valence-electron chi connectivity index (χ0n) is 16.8. The number of halogens is 3. The van der Waals surface area contributed by atoms with Gasteiger partial charge in [0, 0.05) is 46.6 Å². The smallest absolute Gasteiger partial charge is 0.191 e. The molecular formula is C23H19F3N4S. The van der Waals surface area contributed by atoms with E-state index in [9.17, 15) is 13.2 Å². The minimum absolute atomic E-state index is 0.00865. The molecule has 0 fully saturated rings. The van der Waals surface area contributed by atoms with Crippen molar-refractivity contribution >= 4 is 22.7 Å². The first-order valence-electron chi connectivity index (χ1n) is 10.2. The van der Waals surface area contributed by atoms with E-state index in [0.717, 1.165) is 47.2 Å². The van der Waals surface area contributed by atoms with Gasteiger partial charge in [0.25, 0.3) is 0 Å². The quantitative estimate of drug-likeness (QED) is 0.373. The average Bonchev–Trinajstić information content (AvgIpc) is 3.37. The van der Waals surface area contributed by atoms with E-state index in [1.165, 1.54) is 17.3 Å². The summed E-state index contributed by atoms with van der Waals surface area (Å²) in [6.45, 7) is 2.59. The molecule has 158 valence electrons. The number of hydrogen-bond acceptors (Lipinski definition) is 4. The van der Waals surface area contributed by atoms with Gasteiger partial charge in [-0.15, -0.1) is 10.2 Å². The lowest BCUT2D eigenvalue weighted by Gasteiger charge is -2.14. The van der Waals surface area contributed by atoms with E-state index < -0.39 is 17.5 Å². The number of para-hydroxylation sites is 1. The molecule has 1 aliphatic carbocycles. The minimum Gasteiger partial charge on any atom is -0.302 e. The molecule has 8 heteroatoms. The van der Waals surface area contributed by atoms with Gasteiger partial charge in [-0.2, -0.15) is 0 Å². The molecule has 0 spiro atoms. The maximum Gasteiger partial charge on any atom is 0.191 e. The number of rotatable bonds is 5. The van der Waals surface area contributed by atoms with Crippen molar-refractivity contribution in [1.29, 1.82) is 0 Å². The van der Waals surface area contributed by atoms with Crippen LogP contribution in [0.3, 0.4) is 0 Å². The third kappa shape index (κ3) is 3.48. The molecule has 0 unspecified atom stereocenters. The SMILES string of the molecule is CCn1c(SCc2c(F)cc(F)cc2F)nnc1-c1c2c(nc3ccccc13)CCC2. The first-order valence-corrected chi connectivity index (χ1v) is 11.2. The largest absolute Gasteiger partial charge is 0.302 e. The summed E-state index contributed by atoms with van der Waals surface area (Å²) >= 11 is 1.18. The van der Waals surface area contributed by atoms with Crippen molar-refractivity contribution in [3.63, 3.8) is 0 Å². The van der Waals surface area contributed by atoms with E-state index in [4.69, 9.17) is 4.98 Å². The molecule has 0 saturated heterocycles. The fourth-order valence-electron chi connectivity index (χ4n) is 4.18. The zero-order chi connectivity index (χ0) is 21.5. The van der Waals surface area contributed by atoms with E-state index in [0.29, 0.717) is 23.8 Å². The Hall–Kier alpha value is -2.87. The molecule has 0 amide bonds. The summed E-state index contributed by atoms with van der Waals surface area (Å²) in [5.74, 6) is -2.00. The van der Waals surface area contributed by atoms with Crippen LogP contribution >= 0.6 is 11.8 Å². The van der Waals surface area contributed by atoms with Crippen molar-refractivity contribution < 1.29 is 13.2 Å². The second-order valence-electron chi connectivity index (χ2n) is 7.47. The Morgan fingerprint density at radius 3 is 2.58 bits per heavy atom. The van der Waals surface area contributed by atoms with E-state index >= 15 is 0 Å². The van der Waals surface area contributed by atoms with Gasteiger partial charge in [0.2, 0.25) is 0 Å². The van der Waals surface area contributed by atoms with Crippen LogP contribution in [0.25, 0.3) is 22.3 Å². The molecule has 1 aliphatic rings. The fourth-order valence-corrected chi connectivity index (χ4v) is 5.20. The molecule has 2 aromatic carbocycles. The summed E-state index contributed by atoms with van der Waals surface area (Å²) in [5, 5.41) is 10.4. The average molecular weight is 440 g/mol. The number of fused-ring (bicyclic) bond motifs is 2. The van der Waals surface area contributed by atoms with Crippen LogP contribution in [0.1, 0.15) is 30.2 Å². The van der Waals surface area contributed by atoms with Gasteiger partial charge >= 0.3 is 0 Å². The number of hydrogen-bond donors (Lipinski definition) is 0. The van der Waals surface area contributed by atoms with Crippen LogP contribution in [0.15, 0.2) is 41.6 Å². The maximum absolute atomic E-state index is 14.0. The number of benzene rings is 2. The second-order valence-corrected chi connectivity index (χ2v) is 8.41. The Labute approximate surface area is 181 Å². The Bertz CT molecular complexity index is 1280. The summed E-state index contributed by atoms with van der Waals surface area (Å²) in [6.07, 6.45) is 2.93. The van der Waals surface area contributed by atoms with Gasteiger partial charge < -0.3 is 4.57 Å². The Morgan fingerprint density at radius 2 is 1.81 bits per heavy atom. The highest BCUT2D eigenvalue weighted by atomic mass is 32.2. The summed E-state index contributed by atoms with van der Waals surface area (Å²) in [7, 11) is 0. The second kappa shape index (κ2) is 8.00. The van der Waals surface area contributed by atoms with E-state index in [2.05, 4.69) is 10.2 Å². The van der Waals surface area contributed by atoms with Gasteiger partial charge in [0.1, 0.15) is 17.5 Å². The lowest BCUT2D eigenvalue weighted by molar-refractivity contribution is 0.531. The molecule has 0 N–H and O–H groups in total. The van der Waals surface area contributed by atoms with Gasteiger partial charge in [-0.05, 0) is 37.8 Å². The van der Waals surface area contributed by atoms with Gasteiger partial charge in [0.05, 0.1) is 5.52 Å². The van der Waals surface area contributed by atoms with Crippen molar-refractivity contribution in [2.45, 2.75) is 43.6 Å². The predicted molar refractivity (Wildman–Crippen MR) is 114 cm³/mol. The standard InChI is InChI=1S/C23H19F3N4S/c1-2-30-22(21-14-6-3-4-8-19(14)27-20-9-5-7-15(20)21)28-29-23(30)31-12-16-17(25)10-13(24)11-18(16)26/h3-4,6,8,10-11H,2,5,7,9,12H2,1H3. The third-order valence-corrected chi connectivity index (χ3v) is 6.62. The Morgan fingerprint density at radius 1 is 1.03 bits per heavy atom. The normalized spacial score (nSPS) is 13.2. The number of pyridine rings is 1. The van der Waals surface area contributed by atoms with Gasteiger partial charge in [-0.25, -0.2) is 13.2 Å². The molecule has 0 bridgehead atoms. The number of thioether (sulfide) groups is 1. The van der Waals surface area contributed by atoms with Crippen LogP contribution in [-0.4, -0.2) is 19.7 Å². The number of aryl methyl sites for hydroxylation is 1. The topological polar surface area (TPSA) is 43.6 Å². The molecule has 0 saturated carbocycles. The van der Waals surface area contributed by atoms with Crippen molar-refractivity contribution in [1.82, 2.24) is 19.7 Å². The molecule has 4 aromatic rings. The summed E-state index contributed by atoms with van der Waals surface area (Å²) < 4.78 is 43.3. The van der Waals surface area contributed by atoms with Crippen LogP contribution < -0.4 is 0 Å². The van der Waals surface area contributed by atoms with E-state index in [1.807, 2.05) is 35.8 Å². The molecule has 0 aliphatic heterocycles. The molecule has 2 aromatic heterocycles. The third-order valence-electron chi connectivity index (χ3n) is 5.63. The van der Waals surface area contributed by atoms with Crippen molar-refractivity contribution in [3.8, 4) is 11.4 Å². The molecule has 4 nitrogen and oxygen atoms in total. The lowest BCUT2D eigenvalue weighted by atomic mass is 10.0. The van der Waals surface area contributed by atoms with Crippen LogP contribution in [0.4, 0.5) is 13.2 Å². The Kier molecular flexibility index (Phi) is 5.17. The fraction of sp³-hybridized carbons (Fsp3) is 0.261. The molecule has 31 heavy (non-hydrogen) atoms. The van der Waals surface area contributed by atoms with Crippen molar-refractivity contribution in [2.24, 2.45) is 0 Å². The molecule has 0 atom stereocenters. The monoisotopic (exact) mass is 440 g/mol. The first kappa shape index (κ1) is 20.1. The highest BCUT2D eigenvalue weighted by molar-refractivity contribution is 7.98. The van der Waals surface area contributed by atoms with E-state index in [-0.39, 0.29) is 11.3 Å². The van der Waals surface area contributed by atoms with Crippen molar-refractivity contribution in [3.05, 3.63) is 70.7 Å². The van der Waals surface area contributed by atoms with E-state index in [1.54, 1.807) is 0 Å².